The Bertz CT molecular complexity index is 845. The van der Waals surface area contributed by atoms with E-state index in [1.54, 1.807) is 36.4 Å². The van der Waals surface area contributed by atoms with Crippen molar-refractivity contribution in [3.05, 3.63) is 65.5 Å². The van der Waals surface area contributed by atoms with Crippen LogP contribution in [-0.4, -0.2) is 24.1 Å². The Morgan fingerprint density at radius 2 is 1.67 bits per heavy atom. The molecule has 0 aliphatic rings. The molecule has 0 unspecified atom stereocenters. The number of hydrogen-bond donors (Lipinski definition) is 2. The normalized spacial score (nSPS) is 11.0. The Hall–Kier alpha value is -3.02. The minimum Gasteiger partial charge on any atom is -0.355 e. The highest BCUT2D eigenvalue weighted by atomic mass is 19.1. The first kappa shape index (κ1) is 20.3. The van der Waals surface area contributed by atoms with E-state index in [1.165, 1.54) is 32.9 Å². The van der Waals surface area contributed by atoms with Crippen molar-refractivity contribution in [1.82, 2.24) is 5.32 Å². The standard InChI is InChI=1S/C21H23FN2O3/c1-14(25)16-5-4-6-18(13-16)24-20(27)21(2,3)19(26)23-12-11-15-7-9-17(22)10-8-15/h4-10,13H,11-12H2,1-3H3,(H,23,26)(H,24,27). The van der Waals surface area contributed by atoms with Crippen LogP contribution in [0.5, 0.6) is 0 Å². The predicted molar refractivity (Wildman–Crippen MR) is 102 cm³/mol. The highest BCUT2D eigenvalue weighted by molar-refractivity contribution is 6.10. The molecule has 2 N–H and O–H groups in total. The lowest BCUT2D eigenvalue weighted by Crippen LogP contribution is -2.45. The van der Waals surface area contributed by atoms with Gasteiger partial charge in [0.2, 0.25) is 11.8 Å². The molecular formula is C21H23FN2O3. The van der Waals surface area contributed by atoms with Crippen molar-refractivity contribution in [2.75, 3.05) is 11.9 Å². The number of benzene rings is 2. The number of Topliss-reactive ketones (excluding diaryl/α,β-unsaturated/α-hetero) is 1. The van der Waals surface area contributed by atoms with Crippen LogP contribution < -0.4 is 10.6 Å². The summed E-state index contributed by atoms with van der Waals surface area (Å²) >= 11 is 0. The van der Waals surface area contributed by atoms with Gasteiger partial charge < -0.3 is 10.6 Å². The lowest BCUT2D eigenvalue weighted by molar-refractivity contribution is -0.138. The van der Waals surface area contributed by atoms with Gasteiger partial charge in [-0.2, -0.15) is 0 Å². The number of halogens is 1. The molecule has 2 amide bonds. The van der Waals surface area contributed by atoms with Gasteiger partial charge in [-0.3, -0.25) is 14.4 Å². The molecule has 2 aromatic carbocycles. The number of amides is 2. The number of carbonyl (C=O) groups is 3. The van der Waals surface area contributed by atoms with Crippen molar-refractivity contribution in [3.8, 4) is 0 Å². The fourth-order valence-electron chi connectivity index (χ4n) is 2.40. The summed E-state index contributed by atoms with van der Waals surface area (Å²) in [4.78, 5) is 36.4. The maximum Gasteiger partial charge on any atom is 0.239 e. The van der Waals surface area contributed by atoms with E-state index in [-0.39, 0.29) is 11.6 Å². The molecule has 0 bridgehead atoms. The van der Waals surface area contributed by atoms with E-state index in [4.69, 9.17) is 0 Å². The SMILES string of the molecule is CC(=O)c1cccc(NC(=O)C(C)(C)C(=O)NCCc2ccc(F)cc2)c1. The first-order valence-electron chi connectivity index (χ1n) is 8.65. The summed E-state index contributed by atoms with van der Waals surface area (Å²) in [6.45, 7) is 4.84. The van der Waals surface area contributed by atoms with Crippen molar-refractivity contribution in [2.24, 2.45) is 5.41 Å². The Morgan fingerprint density at radius 3 is 2.30 bits per heavy atom. The Morgan fingerprint density at radius 1 is 1.00 bits per heavy atom. The van der Waals surface area contributed by atoms with E-state index in [9.17, 15) is 18.8 Å². The van der Waals surface area contributed by atoms with Gasteiger partial charge in [0.15, 0.2) is 5.78 Å². The molecular weight excluding hydrogens is 347 g/mol. The second kappa shape index (κ2) is 8.58. The summed E-state index contributed by atoms with van der Waals surface area (Å²) in [7, 11) is 0. The van der Waals surface area contributed by atoms with E-state index in [0.717, 1.165) is 5.56 Å². The van der Waals surface area contributed by atoms with E-state index in [0.29, 0.717) is 24.2 Å². The average Bonchev–Trinajstić information content (AvgIpc) is 2.63. The van der Waals surface area contributed by atoms with Crippen LogP contribution in [0.15, 0.2) is 48.5 Å². The summed E-state index contributed by atoms with van der Waals surface area (Å²) in [5.41, 5.74) is 0.531. The van der Waals surface area contributed by atoms with Crippen molar-refractivity contribution < 1.29 is 18.8 Å². The van der Waals surface area contributed by atoms with E-state index in [1.807, 2.05) is 0 Å². The third-order valence-corrected chi connectivity index (χ3v) is 4.27. The number of carbonyl (C=O) groups excluding carboxylic acids is 3. The van der Waals surface area contributed by atoms with Crippen LogP contribution in [0.25, 0.3) is 0 Å². The van der Waals surface area contributed by atoms with Gasteiger partial charge >= 0.3 is 0 Å². The monoisotopic (exact) mass is 370 g/mol. The van der Waals surface area contributed by atoms with Gasteiger partial charge in [0, 0.05) is 17.8 Å². The summed E-state index contributed by atoms with van der Waals surface area (Å²) in [5, 5.41) is 5.41. The summed E-state index contributed by atoms with van der Waals surface area (Å²) in [5.74, 6) is -1.30. The fraction of sp³-hybridized carbons (Fsp3) is 0.286. The molecule has 0 heterocycles. The molecule has 142 valence electrons. The lowest BCUT2D eigenvalue weighted by atomic mass is 9.90. The molecule has 0 aliphatic carbocycles. The van der Waals surface area contributed by atoms with Crippen LogP contribution in [0.1, 0.15) is 36.7 Å². The number of ketones is 1. The van der Waals surface area contributed by atoms with Gasteiger partial charge in [0.05, 0.1) is 0 Å². The molecule has 0 saturated carbocycles. The Kier molecular flexibility index (Phi) is 6.45. The zero-order valence-corrected chi connectivity index (χ0v) is 15.6. The Labute approximate surface area is 158 Å². The van der Waals surface area contributed by atoms with E-state index < -0.39 is 17.2 Å². The highest BCUT2D eigenvalue weighted by Crippen LogP contribution is 2.20. The van der Waals surface area contributed by atoms with Crippen LogP contribution in [0.2, 0.25) is 0 Å². The van der Waals surface area contributed by atoms with E-state index in [2.05, 4.69) is 10.6 Å². The van der Waals surface area contributed by atoms with E-state index >= 15 is 0 Å². The maximum atomic E-state index is 12.9. The van der Waals surface area contributed by atoms with Crippen LogP contribution in [0.4, 0.5) is 10.1 Å². The molecule has 0 fully saturated rings. The number of rotatable bonds is 7. The second-order valence-corrected chi connectivity index (χ2v) is 6.85. The van der Waals surface area contributed by atoms with Crippen LogP contribution in [-0.2, 0) is 16.0 Å². The highest BCUT2D eigenvalue weighted by Gasteiger charge is 2.35. The number of hydrogen-bond acceptors (Lipinski definition) is 3. The summed E-state index contributed by atoms with van der Waals surface area (Å²) in [6, 6.07) is 12.6. The smallest absolute Gasteiger partial charge is 0.239 e. The third kappa shape index (κ3) is 5.48. The van der Waals surface area contributed by atoms with Crippen molar-refractivity contribution in [1.29, 1.82) is 0 Å². The van der Waals surface area contributed by atoms with Crippen molar-refractivity contribution in [3.63, 3.8) is 0 Å². The first-order chi connectivity index (χ1) is 12.7. The van der Waals surface area contributed by atoms with Gasteiger partial charge in [-0.15, -0.1) is 0 Å². The van der Waals surface area contributed by atoms with Crippen LogP contribution in [0.3, 0.4) is 0 Å². The summed E-state index contributed by atoms with van der Waals surface area (Å²) < 4.78 is 12.9. The third-order valence-electron chi connectivity index (χ3n) is 4.27. The van der Waals surface area contributed by atoms with Crippen LogP contribution >= 0.6 is 0 Å². The molecule has 6 heteroatoms. The largest absolute Gasteiger partial charge is 0.355 e. The average molecular weight is 370 g/mol. The zero-order valence-electron chi connectivity index (χ0n) is 15.6. The topological polar surface area (TPSA) is 75.3 Å². The molecule has 0 aromatic heterocycles. The molecule has 0 saturated heterocycles. The minimum atomic E-state index is -1.30. The first-order valence-corrected chi connectivity index (χ1v) is 8.65. The van der Waals surface area contributed by atoms with Gasteiger partial charge in [0.25, 0.3) is 0 Å². The van der Waals surface area contributed by atoms with Gasteiger partial charge in [0.1, 0.15) is 11.2 Å². The lowest BCUT2D eigenvalue weighted by Gasteiger charge is -2.23. The van der Waals surface area contributed by atoms with Crippen molar-refractivity contribution in [2.45, 2.75) is 27.2 Å². The van der Waals surface area contributed by atoms with Gasteiger partial charge in [-0.1, -0.05) is 24.3 Å². The van der Waals surface area contributed by atoms with Gasteiger partial charge in [-0.05, 0) is 57.0 Å². The molecule has 0 radical (unpaired) electrons. The molecule has 2 aromatic rings. The number of anilines is 1. The quantitative estimate of drug-likeness (QED) is 0.580. The predicted octanol–water partition coefficient (Wildman–Crippen LogP) is 3.35. The second-order valence-electron chi connectivity index (χ2n) is 6.85. The molecule has 5 nitrogen and oxygen atoms in total. The zero-order chi connectivity index (χ0) is 20.0. The fourth-order valence-corrected chi connectivity index (χ4v) is 2.40. The molecule has 27 heavy (non-hydrogen) atoms. The maximum absolute atomic E-state index is 12.9. The number of nitrogens with one attached hydrogen (secondary N) is 2. The van der Waals surface area contributed by atoms with Crippen LogP contribution in [0, 0.1) is 11.2 Å². The van der Waals surface area contributed by atoms with Gasteiger partial charge in [-0.25, -0.2) is 4.39 Å². The van der Waals surface area contributed by atoms with Crippen molar-refractivity contribution >= 4 is 23.3 Å². The summed E-state index contributed by atoms with van der Waals surface area (Å²) in [6.07, 6.45) is 0.532. The Balaban J connectivity index is 1.93. The molecule has 2 rings (SSSR count). The molecule has 0 aliphatic heterocycles. The molecule has 0 spiro atoms. The minimum absolute atomic E-state index is 0.108. The molecule has 0 atom stereocenters.